The number of fused-ring (bicyclic) bond motifs is 1. The molecule has 0 aromatic carbocycles. The molecule has 0 aliphatic heterocycles. The minimum Gasteiger partial charge on any atom is -0.0853 e. The lowest BCUT2D eigenvalue weighted by atomic mass is 9.75. The summed E-state index contributed by atoms with van der Waals surface area (Å²) in [5.74, 6) is 2.68. The lowest BCUT2D eigenvalue weighted by molar-refractivity contribution is 0.210. The fourth-order valence-electron chi connectivity index (χ4n) is 5.89. The van der Waals surface area contributed by atoms with E-state index in [1.807, 2.05) is 0 Å². The first-order valence-corrected chi connectivity index (χ1v) is 8.75. The number of rotatable bonds is 1. The standard InChI is InChI=1S/C20H32/c1-14(2)17-10-11-19(5)18-13-16(4)8-6-7-15(3)9-12-20(17,18)19/h7,13-14,17-18H,6,8-12H2,1-5H3. The molecule has 3 rings (SSSR count). The van der Waals surface area contributed by atoms with Crippen LogP contribution in [-0.4, -0.2) is 0 Å². The first kappa shape index (κ1) is 14.4. The van der Waals surface area contributed by atoms with E-state index in [-0.39, 0.29) is 0 Å². The fraction of sp³-hybridized carbons (Fsp3) is 0.800. The molecular weight excluding hydrogens is 240 g/mol. The molecule has 20 heavy (non-hydrogen) atoms. The molecule has 0 saturated heterocycles. The predicted molar refractivity (Wildman–Crippen MR) is 87.6 cm³/mol. The molecule has 4 unspecified atom stereocenters. The van der Waals surface area contributed by atoms with Crippen molar-refractivity contribution in [3.05, 3.63) is 23.3 Å². The van der Waals surface area contributed by atoms with Gasteiger partial charge in [0.1, 0.15) is 0 Å². The van der Waals surface area contributed by atoms with Crippen LogP contribution in [0.5, 0.6) is 0 Å². The van der Waals surface area contributed by atoms with Crippen molar-refractivity contribution < 1.29 is 0 Å². The van der Waals surface area contributed by atoms with Crippen LogP contribution in [0.1, 0.15) is 73.1 Å². The Balaban J connectivity index is 1.97. The summed E-state index contributed by atoms with van der Waals surface area (Å²) in [5, 5.41) is 0. The van der Waals surface area contributed by atoms with Gasteiger partial charge in [-0.05, 0) is 81.0 Å². The van der Waals surface area contributed by atoms with Crippen LogP contribution in [-0.2, 0) is 0 Å². The number of hydrogen-bond donors (Lipinski definition) is 0. The van der Waals surface area contributed by atoms with Gasteiger partial charge in [0, 0.05) is 0 Å². The van der Waals surface area contributed by atoms with E-state index in [1.54, 1.807) is 11.1 Å². The monoisotopic (exact) mass is 272 g/mol. The van der Waals surface area contributed by atoms with E-state index >= 15 is 0 Å². The van der Waals surface area contributed by atoms with Crippen molar-refractivity contribution in [1.82, 2.24) is 0 Å². The summed E-state index contributed by atoms with van der Waals surface area (Å²) < 4.78 is 0. The molecule has 112 valence electrons. The zero-order valence-electron chi connectivity index (χ0n) is 14.1. The topological polar surface area (TPSA) is 0 Å². The summed E-state index contributed by atoms with van der Waals surface area (Å²) in [5.41, 5.74) is 4.53. The molecular formula is C20H32. The average molecular weight is 272 g/mol. The summed E-state index contributed by atoms with van der Waals surface area (Å²) in [6.45, 7) is 12.2. The Morgan fingerprint density at radius 1 is 1.10 bits per heavy atom. The zero-order chi connectivity index (χ0) is 14.5. The highest BCUT2D eigenvalue weighted by Crippen LogP contribution is 2.83. The van der Waals surface area contributed by atoms with Gasteiger partial charge in [-0.1, -0.05) is 44.1 Å². The van der Waals surface area contributed by atoms with Crippen LogP contribution in [0.2, 0.25) is 0 Å². The molecule has 0 heteroatoms. The predicted octanol–water partition coefficient (Wildman–Crippen LogP) is 6.14. The molecule has 0 amide bonds. The molecule has 4 atom stereocenters. The van der Waals surface area contributed by atoms with Crippen molar-refractivity contribution in [2.45, 2.75) is 73.1 Å². The van der Waals surface area contributed by atoms with Gasteiger partial charge in [-0.15, -0.1) is 0 Å². The zero-order valence-corrected chi connectivity index (χ0v) is 14.1. The Morgan fingerprint density at radius 3 is 2.55 bits per heavy atom. The third-order valence-corrected chi connectivity index (χ3v) is 7.08. The molecule has 0 nitrogen and oxygen atoms in total. The van der Waals surface area contributed by atoms with Crippen molar-refractivity contribution in [3.63, 3.8) is 0 Å². The van der Waals surface area contributed by atoms with Gasteiger partial charge in [0.15, 0.2) is 0 Å². The molecule has 0 heterocycles. The van der Waals surface area contributed by atoms with Crippen molar-refractivity contribution >= 4 is 0 Å². The Bertz CT molecular complexity index is 453. The summed E-state index contributed by atoms with van der Waals surface area (Å²) in [6.07, 6.45) is 13.4. The quantitative estimate of drug-likeness (QED) is 0.503. The van der Waals surface area contributed by atoms with Gasteiger partial charge in [0.05, 0.1) is 0 Å². The van der Waals surface area contributed by atoms with Gasteiger partial charge >= 0.3 is 0 Å². The lowest BCUT2D eigenvalue weighted by Gasteiger charge is -2.29. The largest absolute Gasteiger partial charge is 0.0853 e. The lowest BCUT2D eigenvalue weighted by Crippen LogP contribution is -2.22. The third kappa shape index (κ3) is 1.86. The maximum Gasteiger partial charge on any atom is -0.0106 e. The highest BCUT2D eigenvalue weighted by atomic mass is 14.8. The number of hydrogen-bond acceptors (Lipinski definition) is 0. The molecule has 3 aliphatic carbocycles. The van der Waals surface area contributed by atoms with Gasteiger partial charge in [0.2, 0.25) is 0 Å². The highest BCUT2D eigenvalue weighted by Gasteiger charge is 2.77. The third-order valence-electron chi connectivity index (χ3n) is 7.08. The highest BCUT2D eigenvalue weighted by molar-refractivity contribution is 5.32. The molecule has 0 bridgehead atoms. The minimum atomic E-state index is 0.619. The van der Waals surface area contributed by atoms with Gasteiger partial charge in [-0.3, -0.25) is 0 Å². The summed E-state index contributed by atoms with van der Waals surface area (Å²) in [7, 11) is 0. The molecule has 2 saturated carbocycles. The second kappa shape index (κ2) is 4.75. The first-order chi connectivity index (χ1) is 9.42. The van der Waals surface area contributed by atoms with Crippen LogP contribution in [0, 0.1) is 28.6 Å². The van der Waals surface area contributed by atoms with E-state index in [2.05, 4.69) is 46.8 Å². The normalized spacial score (nSPS) is 44.5. The van der Waals surface area contributed by atoms with Crippen LogP contribution in [0.25, 0.3) is 0 Å². The summed E-state index contributed by atoms with van der Waals surface area (Å²) in [4.78, 5) is 0. The van der Waals surface area contributed by atoms with Crippen molar-refractivity contribution in [2.75, 3.05) is 0 Å². The van der Waals surface area contributed by atoms with Gasteiger partial charge in [-0.2, -0.15) is 0 Å². The molecule has 0 N–H and O–H groups in total. The molecule has 0 aromatic heterocycles. The van der Waals surface area contributed by atoms with Crippen LogP contribution in [0.4, 0.5) is 0 Å². The molecule has 0 aromatic rings. The van der Waals surface area contributed by atoms with Gasteiger partial charge in [0.25, 0.3) is 0 Å². The molecule has 3 aliphatic rings. The Labute approximate surface area is 125 Å². The Kier molecular flexibility index (Phi) is 3.42. The molecule has 1 spiro atoms. The molecule has 0 radical (unpaired) electrons. The van der Waals surface area contributed by atoms with Crippen LogP contribution in [0.15, 0.2) is 23.3 Å². The maximum absolute atomic E-state index is 2.68. The van der Waals surface area contributed by atoms with Gasteiger partial charge < -0.3 is 0 Å². The Hall–Kier alpha value is -0.520. The van der Waals surface area contributed by atoms with E-state index in [9.17, 15) is 0 Å². The van der Waals surface area contributed by atoms with Crippen molar-refractivity contribution in [2.24, 2.45) is 28.6 Å². The SMILES string of the molecule is CC1=CC2C3(C)CCC(C(C)C)C23CCC(C)=CCC1. The maximum atomic E-state index is 2.68. The van der Waals surface area contributed by atoms with Crippen LogP contribution >= 0.6 is 0 Å². The van der Waals surface area contributed by atoms with Crippen molar-refractivity contribution in [1.29, 1.82) is 0 Å². The minimum absolute atomic E-state index is 0.619. The second-order valence-corrected chi connectivity index (χ2v) is 8.43. The van der Waals surface area contributed by atoms with E-state index < -0.39 is 0 Å². The van der Waals surface area contributed by atoms with Gasteiger partial charge in [-0.25, -0.2) is 0 Å². The number of allylic oxidation sites excluding steroid dienone is 4. The van der Waals surface area contributed by atoms with E-state index in [4.69, 9.17) is 0 Å². The van der Waals surface area contributed by atoms with Crippen LogP contribution in [0.3, 0.4) is 0 Å². The Morgan fingerprint density at radius 2 is 1.85 bits per heavy atom. The summed E-state index contributed by atoms with van der Waals surface area (Å²) >= 11 is 0. The molecule has 2 fully saturated rings. The van der Waals surface area contributed by atoms with E-state index in [0.29, 0.717) is 10.8 Å². The average Bonchev–Trinajstić information content (AvgIpc) is 2.72. The smallest absolute Gasteiger partial charge is 0.0106 e. The van der Waals surface area contributed by atoms with Crippen LogP contribution < -0.4 is 0 Å². The van der Waals surface area contributed by atoms with E-state index in [0.717, 1.165) is 17.8 Å². The first-order valence-electron chi connectivity index (χ1n) is 8.75. The van der Waals surface area contributed by atoms with E-state index in [1.165, 1.54) is 38.5 Å². The fourth-order valence-corrected chi connectivity index (χ4v) is 5.89. The van der Waals surface area contributed by atoms with Crippen molar-refractivity contribution in [3.8, 4) is 0 Å². The summed E-state index contributed by atoms with van der Waals surface area (Å²) in [6, 6.07) is 0. The second-order valence-electron chi connectivity index (χ2n) is 8.43.